The lowest BCUT2D eigenvalue weighted by Gasteiger charge is -2.35. The molecule has 1 aliphatic rings. The Balaban J connectivity index is 1.46. The zero-order valence-electron chi connectivity index (χ0n) is 14.8. The molecule has 1 aliphatic heterocycles. The summed E-state index contributed by atoms with van der Waals surface area (Å²) in [6, 6.07) is 13.3. The van der Waals surface area contributed by atoms with Crippen molar-refractivity contribution in [2.45, 2.75) is 6.54 Å². The summed E-state index contributed by atoms with van der Waals surface area (Å²) in [5, 5.41) is 12.6. The molecule has 1 aromatic heterocycles. The van der Waals surface area contributed by atoms with Crippen LogP contribution in [0.5, 0.6) is 5.75 Å². The van der Waals surface area contributed by atoms with Gasteiger partial charge >= 0.3 is 0 Å². The molecule has 0 radical (unpaired) electrons. The van der Waals surface area contributed by atoms with E-state index in [0.717, 1.165) is 33.9 Å². The number of rotatable bonds is 3. The van der Waals surface area contributed by atoms with Gasteiger partial charge in [-0.25, -0.2) is 0 Å². The summed E-state index contributed by atoms with van der Waals surface area (Å²) in [6.07, 6.45) is 3.29. The zero-order chi connectivity index (χ0) is 18.8. The van der Waals surface area contributed by atoms with Crippen LogP contribution in [0.2, 0.25) is 0 Å². The lowest BCUT2D eigenvalue weighted by Crippen LogP contribution is -2.48. The number of carbonyl (C=O) groups is 1. The number of halogens is 1. The molecule has 138 valence electrons. The number of fused-ring (bicyclic) bond motifs is 1. The van der Waals surface area contributed by atoms with E-state index < -0.39 is 0 Å². The van der Waals surface area contributed by atoms with Crippen molar-refractivity contribution in [3.05, 3.63) is 70.5 Å². The molecule has 0 spiro atoms. The normalized spacial score (nSPS) is 15.2. The fraction of sp³-hybridized carbons (Fsp3) is 0.238. The number of phenols is 1. The van der Waals surface area contributed by atoms with Crippen LogP contribution in [0.25, 0.3) is 10.8 Å². The number of pyridine rings is 1. The second-order valence-corrected chi connectivity index (χ2v) is 7.65. The predicted octanol–water partition coefficient (Wildman–Crippen LogP) is 3.66. The number of hydrogen-bond donors (Lipinski definition) is 1. The van der Waals surface area contributed by atoms with E-state index in [9.17, 15) is 9.90 Å². The van der Waals surface area contributed by atoms with E-state index in [1.54, 1.807) is 30.6 Å². The molecule has 0 bridgehead atoms. The van der Waals surface area contributed by atoms with Gasteiger partial charge in [0, 0.05) is 60.7 Å². The molecule has 0 unspecified atom stereocenters. The number of aromatic nitrogens is 1. The van der Waals surface area contributed by atoms with Gasteiger partial charge in [0.2, 0.25) is 0 Å². The number of nitrogens with zero attached hydrogens (tertiary/aromatic N) is 3. The number of aromatic hydroxyl groups is 1. The maximum Gasteiger partial charge on any atom is 0.254 e. The quantitative estimate of drug-likeness (QED) is 0.695. The van der Waals surface area contributed by atoms with Crippen LogP contribution in [0.3, 0.4) is 0 Å². The molecule has 0 aliphatic carbocycles. The molecule has 0 saturated carbocycles. The monoisotopic (exact) mass is 425 g/mol. The van der Waals surface area contributed by atoms with Crippen molar-refractivity contribution in [1.82, 2.24) is 14.8 Å². The summed E-state index contributed by atoms with van der Waals surface area (Å²) >= 11 is 3.50. The molecular formula is C21H20BrN3O2. The van der Waals surface area contributed by atoms with E-state index in [2.05, 4.69) is 31.9 Å². The van der Waals surface area contributed by atoms with Gasteiger partial charge in [-0.15, -0.1) is 0 Å². The molecule has 1 fully saturated rings. The van der Waals surface area contributed by atoms with Crippen LogP contribution in [0.1, 0.15) is 15.9 Å². The first kappa shape index (κ1) is 17.9. The Labute approximate surface area is 166 Å². The number of piperazine rings is 1. The highest BCUT2D eigenvalue weighted by molar-refractivity contribution is 9.10. The van der Waals surface area contributed by atoms with Gasteiger partial charge in [-0.2, -0.15) is 0 Å². The van der Waals surface area contributed by atoms with Crippen molar-refractivity contribution in [2.75, 3.05) is 26.2 Å². The molecule has 6 heteroatoms. The molecule has 3 aromatic rings. The molecule has 5 nitrogen and oxygen atoms in total. The van der Waals surface area contributed by atoms with E-state index >= 15 is 0 Å². The standard InChI is InChI=1S/C21H20BrN3O2/c22-17-2-3-18-16(13-17)1-4-20(26)19(18)14-24-9-11-25(12-10-24)21(27)15-5-7-23-8-6-15/h1-8,13,26H,9-12,14H2. The average Bonchev–Trinajstić information content (AvgIpc) is 2.71. The van der Waals surface area contributed by atoms with E-state index in [-0.39, 0.29) is 5.91 Å². The molecule has 0 atom stereocenters. The number of carbonyl (C=O) groups excluding carboxylic acids is 1. The molecule has 2 heterocycles. The van der Waals surface area contributed by atoms with E-state index in [1.165, 1.54) is 0 Å². The topological polar surface area (TPSA) is 56.7 Å². The molecule has 1 amide bonds. The first-order chi connectivity index (χ1) is 13.1. The number of benzene rings is 2. The Kier molecular flexibility index (Phi) is 5.09. The van der Waals surface area contributed by atoms with Gasteiger partial charge in [0.15, 0.2) is 0 Å². The van der Waals surface area contributed by atoms with Crippen LogP contribution in [-0.2, 0) is 6.54 Å². The zero-order valence-corrected chi connectivity index (χ0v) is 16.4. The highest BCUT2D eigenvalue weighted by Crippen LogP contribution is 2.30. The maximum absolute atomic E-state index is 12.6. The summed E-state index contributed by atoms with van der Waals surface area (Å²) in [7, 11) is 0. The van der Waals surface area contributed by atoms with Crippen molar-refractivity contribution in [2.24, 2.45) is 0 Å². The lowest BCUT2D eigenvalue weighted by atomic mass is 10.0. The van der Waals surface area contributed by atoms with E-state index in [0.29, 0.717) is 30.9 Å². The number of amides is 1. The highest BCUT2D eigenvalue weighted by atomic mass is 79.9. The number of phenolic OH excluding ortho intramolecular Hbond substituents is 1. The highest BCUT2D eigenvalue weighted by Gasteiger charge is 2.23. The summed E-state index contributed by atoms with van der Waals surface area (Å²) < 4.78 is 1.02. The third-order valence-electron chi connectivity index (χ3n) is 5.04. The summed E-state index contributed by atoms with van der Waals surface area (Å²) in [5.41, 5.74) is 1.62. The van der Waals surface area contributed by atoms with Crippen LogP contribution >= 0.6 is 15.9 Å². The van der Waals surface area contributed by atoms with Crippen LogP contribution in [-0.4, -0.2) is 52.0 Å². The van der Waals surface area contributed by atoms with Gasteiger partial charge in [0.05, 0.1) is 0 Å². The Bertz CT molecular complexity index is 970. The average molecular weight is 426 g/mol. The largest absolute Gasteiger partial charge is 0.508 e. The lowest BCUT2D eigenvalue weighted by molar-refractivity contribution is 0.0628. The Morgan fingerprint density at radius 2 is 1.78 bits per heavy atom. The minimum atomic E-state index is 0.0508. The second-order valence-electron chi connectivity index (χ2n) is 6.73. The summed E-state index contributed by atoms with van der Waals surface area (Å²) in [4.78, 5) is 20.7. The second kappa shape index (κ2) is 7.66. The minimum absolute atomic E-state index is 0.0508. The Morgan fingerprint density at radius 1 is 1.04 bits per heavy atom. The van der Waals surface area contributed by atoms with Crippen molar-refractivity contribution >= 4 is 32.6 Å². The van der Waals surface area contributed by atoms with Crippen molar-refractivity contribution in [3.8, 4) is 5.75 Å². The summed E-state index contributed by atoms with van der Waals surface area (Å²) in [6.45, 7) is 3.59. The van der Waals surface area contributed by atoms with Crippen LogP contribution in [0, 0.1) is 0 Å². The van der Waals surface area contributed by atoms with Gasteiger partial charge < -0.3 is 10.0 Å². The first-order valence-corrected chi connectivity index (χ1v) is 9.73. The van der Waals surface area contributed by atoms with Gasteiger partial charge in [0.25, 0.3) is 5.91 Å². The van der Waals surface area contributed by atoms with Crippen LogP contribution < -0.4 is 0 Å². The van der Waals surface area contributed by atoms with Crippen LogP contribution in [0.4, 0.5) is 0 Å². The smallest absolute Gasteiger partial charge is 0.254 e. The van der Waals surface area contributed by atoms with Crippen molar-refractivity contribution in [3.63, 3.8) is 0 Å². The van der Waals surface area contributed by atoms with E-state index in [1.807, 2.05) is 23.1 Å². The molecule has 27 heavy (non-hydrogen) atoms. The minimum Gasteiger partial charge on any atom is -0.508 e. The molecular weight excluding hydrogens is 406 g/mol. The molecule has 1 saturated heterocycles. The van der Waals surface area contributed by atoms with E-state index in [4.69, 9.17) is 0 Å². The molecule has 1 N–H and O–H groups in total. The third-order valence-corrected chi connectivity index (χ3v) is 5.53. The number of hydrogen-bond acceptors (Lipinski definition) is 4. The van der Waals surface area contributed by atoms with Gasteiger partial charge in [0.1, 0.15) is 5.75 Å². The maximum atomic E-state index is 12.6. The van der Waals surface area contributed by atoms with Crippen molar-refractivity contribution in [1.29, 1.82) is 0 Å². The third kappa shape index (κ3) is 3.82. The van der Waals surface area contributed by atoms with Crippen LogP contribution in [0.15, 0.2) is 59.3 Å². The Morgan fingerprint density at radius 3 is 2.52 bits per heavy atom. The first-order valence-electron chi connectivity index (χ1n) is 8.93. The SMILES string of the molecule is O=C(c1ccncc1)N1CCN(Cc2c(O)ccc3cc(Br)ccc23)CC1. The predicted molar refractivity (Wildman–Crippen MR) is 109 cm³/mol. The van der Waals surface area contributed by atoms with Crippen molar-refractivity contribution < 1.29 is 9.90 Å². The fourth-order valence-corrected chi connectivity index (χ4v) is 3.91. The Hall–Kier alpha value is -2.44. The molecule has 2 aromatic carbocycles. The van der Waals surface area contributed by atoms with Gasteiger partial charge in [-0.1, -0.05) is 28.1 Å². The van der Waals surface area contributed by atoms with Gasteiger partial charge in [-0.05, 0) is 41.1 Å². The fourth-order valence-electron chi connectivity index (χ4n) is 3.53. The summed E-state index contributed by atoms with van der Waals surface area (Å²) in [5.74, 6) is 0.370. The van der Waals surface area contributed by atoms with Gasteiger partial charge in [-0.3, -0.25) is 14.7 Å². The molecule has 4 rings (SSSR count).